The van der Waals surface area contributed by atoms with Gasteiger partial charge in [0.2, 0.25) is 5.91 Å². The summed E-state index contributed by atoms with van der Waals surface area (Å²) in [5, 5.41) is 2.84. The Kier molecular flexibility index (Phi) is 6.87. The molecule has 0 bridgehead atoms. The predicted octanol–water partition coefficient (Wildman–Crippen LogP) is 3.65. The molecule has 1 N–H and O–H groups in total. The smallest absolute Gasteiger partial charge is 0.311 e. The van der Waals surface area contributed by atoms with Crippen LogP contribution < -0.4 is 10.2 Å². The molecule has 1 fully saturated rings. The lowest BCUT2D eigenvalue weighted by atomic mass is 10.1. The second kappa shape index (κ2) is 9.57. The quantitative estimate of drug-likeness (QED) is 0.710. The van der Waals surface area contributed by atoms with Crippen molar-refractivity contribution in [2.24, 2.45) is 5.92 Å². The average Bonchev–Trinajstić information content (AvgIpc) is 3.15. The Bertz CT molecular complexity index is 937. The van der Waals surface area contributed by atoms with Crippen LogP contribution in [0.5, 0.6) is 0 Å². The van der Waals surface area contributed by atoms with Crippen LogP contribution in [-0.2, 0) is 32.0 Å². The molecular formula is C24H28N2O4. The molecule has 6 heteroatoms. The first-order valence-electron chi connectivity index (χ1n) is 10.4. The topological polar surface area (TPSA) is 75.7 Å². The highest BCUT2D eigenvalue weighted by molar-refractivity contribution is 6.00. The lowest BCUT2D eigenvalue weighted by Crippen LogP contribution is -2.28. The molecule has 1 aliphatic heterocycles. The first-order chi connectivity index (χ1) is 14.4. The van der Waals surface area contributed by atoms with Gasteiger partial charge in [0.15, 0.2) is 6.61 Å². The predicted molar refractivity (Wildman–Crippen MR) is 116 cm³/mol. The number of anilines is 2. The van der Waals surface area contributed by atoms with E-state index in [4.69, 9.17) is 4.74 Å². The van der Waals surface area contributed by atoms with E-state index in [0.717, 1.165) is 35.3 Å². The number of carbonyl (C=O) groups excluding carboxylic acids is 3. The normalized spacial score (nSPS) is 15.9. The van der Waals surface area contributed by atoms with E-state index in [0.29, 0.717) is 0 Å². The summed E-state index contributed by atoms with van der Waals surface area (Å²) < 4.78 is 5.21. The summed E-state index contributed by atoms with van der Waals surface area (Å²) in [6, 6.07) is 13.6. The van der Waals surface area contributed by atoms with Crippen molar-refractivity contribution < 1.29 is 19.1 Å². The number of benzene rings is 2. The molecular weight excluding hydrogens is 380 g/mol. The van der Waals surface area contributed by atoms with E-state index < -0.39 is 11.9 Å². The van der Waals surface area contributed by atoms with Gasteiger partial charge in [-0.05, 0) is 48.6 Å². The highest BCUT2D eigenvalue weighted by atomic mass is 16.5. The molecule has 3 rings (SSSR count). The fourth-order valence-corrected chi connectivity index (χ4v) is 3.66. The van der Waals surface area contributed by atoms with Gasteiger partial charge in [-0.15, -0.1) is 0 Å². The van der Waals surface area contributed by atoms with Crippen LogP contribution in [0, 0.1) is 12.8 Å². The molecule has 2 amide bonds. The molecule has 2 aromatic carbocycles. The summed E-state index contributed by atoms with van der Waals surface area (Å²) in [4.78, 5) is 38.7. The number of hydrogen-bond donors (Lipinski definition) is 1. The molecule has 1 saturated heterocycles. The van der Waals surface area contributed by atoms with Crippen molar-refractivity contribution in [2.75, 3.05) is 23.4 Å². The third-order valence-corrected chi connectivity index (χ3v) is 5.46. The standard InChI is InChI=1S/C24H28N2O4/c1-4-17-9-11-20(12-10-17)26-14-19(13-22(26)28)24(29)30-15-21(27)25-23-16(3)7-6-8-18(23)5-2/h6-12,19H,4-5,13-15H2,1-3H3,(H,25,27)/t19-/m0/s1. The summed E-state index contributed by atoms with van der Waals surface area (Å²) in [7, 11) is 0. The fourth-order valence-electron chi connectivity index (χ4n) is 3.66. The SMILES string of the molecule is CCc1ccc(N2C[C@@H](C(=O)OCC(=O)Nc3c(C)cccc3CC)CC2=O)cc1. The Morgan fingerprint density at radius 3 is 2.50 bits per heavy atom. The lowest BCUT2D eigenvalue weighted by molar-refractivity contribution is -0.151. The number of aryl methyl sites for hydroxylation is 3. The molecule has 2 aromatic rings. The van der Waals surface area contributed by atoms with E-state index in [1.807, 2.05) is 56.3 Å². The Balaban J connectivity index is 1.55. The number of nitrogens with zero attached hydrogens (tertiary/aromatic N) is 1. The molecule has 0 spiro atoms. The van der Waals surface area contributed by atoms with Gasteiger partial charge in [-0.3, -0.25) is 14.4 Å². The number of ether oxygens (including phenoxy) is 1. The van der Waals surface area contributed by atoms with Gasteiger partial charge in [-0.25, -0.2) is 0 Å². The van der Waals surface area contributed by atoms with Crippen LogP contribution in [0.15, 0.2) is 42.5 Å². The maximum atomic E-state index is 12.4. The fraction of sp³-hybridized carbons (Fsp3) is 0.375. The third-order valence-electron chi connectivity index (χ3n) is 5.46. The van der Waals surface area contributed by atoms with Gasteiger partial charge in [0, 0.05) is 24.3 Å². The molecule has 0 aromatic heterocycles. The maximum Gasteiger partial charge on any atom is 0.311 e. The van der Waals surface area contributed by atoms with E-state index in [2.05, 4.69) is 12.2 Å². The largest absolute Gasteiger partial charge is 0.455 e. The van der Waals surface area contributed by atoms with Crippen LogP contribution >= 0.6 is 0 Å². The summed E-state index contributed by atoms with van der Waals surface area (Å²) in [6.45, 7) is 5.91. The zero-order chi connectivity index (χ0) is 21.7. The zero-order valence-corrected chi connectivity index (χ0v) is 17.7. The van der Waals surface area contributed by atoms with Crippen molar-refractivity contribution >= 4 is 29.2 Å². The first kappa shape index (κ1) is 21.6. The summed E-state index contributed by atoms with van der Waals surface area (Å²) in [5.41, 5.74) is 4.71. The molecule has 1 heterocycles. The molecule has 1 atom stereocenters. The Labute approximate surface area is 177 Å². The molecule has 0 radical (unpaired) electrons. The van der Waals surface area contributed by atoms with Gasteiger partial charge in [-0.2, -0.15) is 0 Å². The summed E-state index contributed by atoms with van der Waals surface area (Å²) in [5.74, 6) is -1.59. The molecule has 30 heavy (non-hydrogen) atoms. The molecule has 1 aliphatic rings. The lowest BCUT2D eigenvalue weighted by Gasteiger charge is -2.17. The molecule has 158 valence electrons. The van der Waals surface area contributed by atoms with Crippen molar-refractivity contribution in [2.45, 2.75) is 40.0 Å². The number of hydrogen-bond acceptors (Lipinski definition) is 4. The van der Waals surface area contributed by atoms with Crippen LogP contribution in [0.1, 0.15) is 37.0 Å². The zero-order valence-electron chi connectivity index (χ0n) is 17.7. The third kappa shape index (κ3) is 4.87. The Morgan fingerprint density at radius 2 is 1.83 bits per heavy atom. The number of esters is 1. The van der Waals surface area contributed by atoms with Gasteiger partial charge in [0.1, 0.15) is 0 Å². The maximum absolute atomic E-state index is 12.4. The number of amides is 2. The second-order valence-electron chi connectivity index (χ2n) is 7.54. The van der Waals surface area contributed by atoms with E-state index in [-0.39, 0.29) is 31.4 Å². The van der Waals surface area contributed by atoms with Gasteiger partial charge in [0.05, 0.1) is 5.92 Å². The number of rotatable bonds is 7. The Hall–Kier alpha value is -3.15. The Morgan fingerprint density at radius 1 is 1.10 bits per heavy atom. The minimum absolute atomic E-state index is 0.0910. The van der Waals surface area contributed by atoms with Gasteiger partial charge >= 0.3 is 5.97 Å². The van der Waals surface area contributed by atoms with Crippen molar-refractivity contribution in [3.63, 3.8) is 0 Å². The molecule has 0 saturated carbocycles. The minimum Gasteiger partial charge on any atom is -0.455 e. The van der Waals surface area contributed by atoms with E-state index >= 15 is 0 Å². The molecule has 0 unspecified atom stereocenters. The number of para-hydroxylation sites is 1. The van der Waals surface area contributed by atoms with Crippen molar-refractivity contribution in [1.29, 1.82) is 0 Å². The molecule has 0 aliphatic carbocycles. The first-order valence-corrected chi connectivity index (χ1v) is 10.4. The van der Waals surface area contributed by atoms with E-state index in [9.17, 15) is 14.4 Å². The van der Waals surface area contributed by atoms with Crippen molar-refractivity contribution in [3.8, 4) is 0 Å². The van der Waals surface area contributed by atoms with Crippen molar-refractivity contribution in [3.05, 3.63) is 59.2 Å². The summed E-state index contributed by atoms with van der Waals surface area (Å²) in [6.07, 6.45) is 1.80. The minimum atomic E-state index is -0.569. The van der Waals surface area contributed by atoms with Gasteiger partial charge in [-0.1, -0.05) is 44.2 Å². The summed E-state index contributed by atoms with van der Waals surface area (Å²) >= 11 is 0. The van der Waals surface area contributed by atoms with Crippen LogP contribution in [0.3, 0.4) is 0 Å². The van der Waals surface area contributed by atoms with Gasteiger partial charge < -0.3 is 15.0 Å². The highest BCUT2D eigenvalue weighted by Crippen LogP contribution is 2.26. The van der Waals surface area contributed by atoms with Crippen LogP contribution in [0.25, 0.3) is 0 Å². The highest BCUT2D eigenvalue weighted by Gasteiger charge is 2.36. The number of carbonyl (C=O) groups is 3. The average molecular weight is 408 g/mol. The second-order valence-corrected chi connectivity index (χ2v) is 7.54. The monoisotopic (exact) mass is 408 g/mol. The molecule has 6 nitrogen and oxygen atoms in total. The van der Waals surface area contributed by atoms with E-state index in [1.165, 1.54) is 5.56 Å². The van der Waals surface area contributed by atoms with Crippen LogP contribution in [0.2, 0.25) is 0 Å². The van der Waals surface area contributed by atoms with Crippen LogP contribution in [-0.4, -0.2) is 30.9 Å². The van der Waals surface area contributed by atoms with E-state index in [1.54, 1.807) is 4.90 Å². The van der Waals surface area contributed by atoms with Crippen LogP contribution in [0.4, 0.5) is 11.4 Å². The van der Waals surface area contributed by atoms with Gasteiger partial charge in [0.25, 0.3) is 5.91 Å². The number of nitrogens with one attached hydrogen (secondary N) is 1. The van der Waals surface area contributed by atoms with Crippen molar-refractivity contribution in [1.82, 2.24) is 0 Å².